The standard InChI is InChI=1S/C13H25NO2/c1-2-12(15)10-14-13(16)9-11-7-5-3-4-6-8-11/h11-12,15H,2-10H2,1H3,(H,14,16). The summed E-state index contributed by atoms with van der Waals surface area (Å²) in [7, 11) is 0. The number of aliphatic hydroxyl groups is 1. The molecule has 0 aliphatic heterocycles. The Hall–Kier alpha value is -0.570. The van der Waals surface area contributed by atoms with Crippen LogP contribution in [-0.2, 0) is 4.79 Å². The third-order valence-electron chi connectivity index (χ3n) is 3.45. The van der Waals surface area contributed by atoms with Gasteiger partial charge < -0.3 is 10.4 Å². The van der Waals surface area contributed by atoms with Crippen LogP contribution in [-0.4, -0.2) is 23.7 Å². The van der Waals surface area contributed by atoms with E-state index in [9.17, 15) is 9.90 Å². The van der Waals surface area contributed by atoms with Crippen LogP contribution in [0.1, 0.15) is 58.3 Å². The molecule has 1 aliphatic carbocycles. The van der Waals surface area contributed by atoms with Crippen LogP contribution in [0.4, 0.5) is 0 Å². The Kier molecular flexibility index (Phi) is 6.46. The minimum Gasteiger partial charge on any atom is -0.391 e. The first-order valence-electron chi connectivity index (χ1n) is 6.67. The molecule has 16 heavy (non-hydrogen) atoms. The molecule has 0 aromatic rings. The topological polar surface area (TPSA) is 49.3 Å². The summed E-state index contributed by atoms with van der Waals surface area (Å²) in [5, 5.41) is 12.2. The molecule has 3 nitrogen and oxygen atoms in total. The molecule has 1 rings (SSSR count). The zero-order chi connectivity index (χ0) is 11.8. The molecule has 0 saturated heterocycles. The van der Waals surface area contributed by atoms with Gasteiger partial charge in [-0.3, -0.25) is 4.79 Å². The van der Waals surface area contributed by atoms with Crippen molar-refractivity contribution in [1.82, 2.24) is 5.32 Å². The minimum atomic E-state index is -0.391. The highest BCUT2D eigenvalue weighted by Crippen LogP contribution is 2.25. The summed E-state index contributed by atoms with van der Waals surface area (Å²) in [4.78, 5) is 11.6. The van der Waals surface area contributed by atoms with E-state index >= 15 is 0 Å². The molecule has 3 heteroatoms. The molecule has 1 fully saturated rings. The Morgan fingerprint density at radius 3 is 2.50 bits per heavy atom. The van der Waals surface area contributed by atoms with E-state index in [1.54, 1.807) is 0 Å². The fourth-order valence-electron chi connectivity index (χ4n) is 2.28. The Balaban J connectivity index is 2.16. The number of amides is 1. The molecule has 0 bridgehead atoms. The van der Waals surface area contributed by atoms with Crippen LogP contribution in [0.25, 0.3) is 0 Å². The fourth-order valence-corrected chi connectivity index (χ4v) is 2.28. The lowest BCUT2D eigenvalue weighted by atomic mass is 9.96. The van der Waals surface area contributed by atoms with Crippen molar-refractivity contribution in [1.29, 1.82) is 0 Å². The van der Waals surface area contributed by atoms with E-state index in [2.05, 4.69) is 5.32 Å². The average Bonchev–Trinajstić information content (AvgIpc) is 2.54. The van der Waals surface area contributed by atoms with Gasteiger partial charge in [-0.05, 0) is 25.2 Å². The fraction of sp³-hybridized carbons (Fsp3) is 0.923. The maximum absolute atomic E-state index is 11.6. The molecule has 1 unspecified atom stereocenters. The van der Waals surface area contributed by atoms with E-state index in [0.29, 0.717) is 25.3 Å². The third kappa shape index (κ3) is 5.50. The van der Waals surface area contributed by atoms with E-state index < -0.39 is 6.10 Å². The van der Waals surface area contributed by atoms with Gasteiger partial charge >= 0.3 is 0 Å². The van der Waals surface area contributed by atoms with Gasteiger partial charge in [-0.25, -0.2) is 0 Å². The summed E-state index contributed by atoms with van der Waals surface area (Å²) in [5.41, 5.74) is 0. The summed E-state index contributed by atoms with van der Waals surface area (Å²) >= 11 is 0. The highest BCUT2D eigenvalue weighted by Gasteiger charge is 2.16. The lowest BCUT2D eigenvalue weighted by Gasteiger charge is -2.14. The molecule has 0 heterocycles. The maximum Gasteiger partial charge on any atom is 0.220 e. The summed E-state index contributed by atoms with van der Waals surface area (Å²) in [6.45, 7) is 2.32. The first-order valence-corrected chi connectivity index (χ1v) is 6.67. The largest absolute Gasteiger partial charge is 0.391 e. The molecule has 1 aliphatic rings. The third-order valence-corrected chi connectivity index (χ3v) is 3.45. The molecule has 1 amide bonds. The van der Waals surface area contributed by atoms with Gasteiger partial charge in [0, 0.05) is 13.0 Å². The van der Waals surface area contributed by atoms with Crippen LogP contribution in [0.2, 0.25) is 0 Å². The monoisotopic (exact) mass is 227 g/mol. The molecule has 0 radical (unpaired) electrons. The smallest absolute Gasteiger partial charge is 0.220 e. The van der Waals surface area contributed by atoms with Crippen molar-refractivity contribution < 1.29 is 9.90 Å². The van der Waals surface area contributed by atoms with Gasteiger partial charge in [-0.2, -0.15) is 0 Å². The molecule has 94 valence electrons. The number of hydrogen-bond acceptors (Lipinski definition) is 2. The zero-order valence-corrected chi connectivity index (χ0v) is 10.4. The van der Waals surface area contributed by atoms with E-state index in [-0.39, 0.29) is 5.91 Å². The van der Waals surface area contributed by atoms with Crippen LogP contribution in [0.15, 0.2) is 0 Å². The predicted molar refractivity (Wildman–Crippen MR) is 65.1 cm³/mol. The second-order valence-corrected chi connectivity index (χ2v) is 4.93. The second-order valence-electron chi connectivity index (χ2n) is 4.93. The van der Waals surface area contributed by atoms with Crippen molar-refractivity contribution in [3.05, 3.63) is 0 Å². The first-order chi connectivity index (χ1) is 7.72. The zero-order valence-electron chi connectivity index (χ0n) is 10.4. The van der Waals surface area contributed by atoms with Gasteiger partial charge in [0.05, 0.1) is 6.10 Å². The molecule has 1 atom stereocenters. The number of aliphatic hydroxyl groups excluding tert-OH is 1. The molecular formula is C13H25NO2. The molecule has 2 N–H and O–H groups in total. The highest BCUT2D eigenvalue weighted by molar-refractivity contribution is 5.76. The average molecular weight is 227 g/mol. The van der Waals surface area contributed by atoms with Gasteiger partial charge in [0.1, 0.15) is 0 Å². The van der Waals surface area contributed by atoms with Crippen LogP contribution >= 0.6 is 0 Å². The molecule has 1 saturated carbocycles. The quantitative estimate of drug-likeness (QED) is 0.708. The van der Waals surface area contributed by atoms with Gasteiger partial charge in [-0.1, -0.05) is 32.6 Å². The van der Waals surface area contributed by atoms with Crippen molar-refractivity contribution in [2.45, 2.75) is 64.4 Å². The summed E-state index contributed by atoms with van der Waals surface area (Å²) in [5.74, 6) is 0.681. The second kappa shape index (κ2) is 7.66. The number of carbonyl (C=O) groups is 1. The maximum atomic E-state index is 11.6. The van der Waals surface area contributed by atoms with Crippen molar-refractivity contribution in [3.63, 3.8) is 0 Å². The Morgan fingerprint density at radius 2 is 1.94 bits per heavy atom. The highest BCUT2D eigenvalue weighted by atomic mass is 16.3. The minimum absolute atomic E-state index is 0.111. The Bertz CT molecular complexity index is 198. The van der Waals surface area contributed by atoms with Gasteiger partial charge in [0.15, 0.2) is 0 Å². The predicted octanol–water partition coefficient (Wildman–Crippen LogP) is 2.23. The van der Waals surface area contributed by atoms with E-state index in [1.165, 1.54) is 38.5 Å². The van der Waals surface area contributed by atoms with Crippen molar-refractivity contribution >= 4 is 5.91 Å². The van der Waals surface area contributed by atoms with E-state index in [1.807, 2.05) is 6.92 Å². The Morgan fingerprint density at radius 1 is 1.31 bits per heavy atom. The lowest BCUT2D eigenvalue weighted by molar-refractivity contribution is -0.122. The molecule has 0 aromatic heterocycles. The van der Waals surface area contributed by atoms with Crippen molar-refractivity contribution in [2.24, 2.45) is 5.92 Å². The van der Waals surface area contributed by atoms with Crippen molar-refractivity contribution in [3.8, 4) is 0 Å². The first kappa shape index (κ1) is 13.5. The number of nitrogens with one attached hydrogen (secondary N) is 1. The summed E-state index contributed by atoms with van der Waals surface area (Å²) in [6.07, 6.45) is 8.55. The van der Waals surface area contributed by atoms with E-state index in [4.69, 9.17) is 0 Å². The van der Waals surface area contributed by atoms with Crippen LogP contribution in [0.5, 0.6) is 0 Å². The van der Waals surface area contributed by atoms with Crippen molar-refractivity contribution in [2.75, 3.05) is 6.54 Å². The summed E-state index contributed by atoms with van der Waals surface area (Å²) in [6, 6.07) is 0. The van der Waals surface area contributed by atoms with Crippen LogP contribution < -0.4 is 5.32 Å². The number of rotatable bonds is 5. The van der Waals surface area contributed by atoms with Gasteiger partial charge in [-0.15, -0.1) is 0 Å². The normalized spacial score (nSPS) is 20.1. The Labute approximate surface area is 98.6 Å². The lowest BCUT2D eigenvalue weighted by Crippen LogP contribution is -2.32. The molecular weight excluding hydrogens is 202 g/mol. The van der Waals surface area contributed by atoms with E-state index in [0.717, 1.165) is 0 Å². The number of carbonyl (C=O) groups excluding carboxylic acids is 1. The van der Waals surface area contributed by atoms with Gasteiger partial charge in [0.2, 0.25) is 5.91 Å². The number of hydrogen-bond donors (Lipinski definition) is 2. The SMILES string of the molecule is CCC(O)CNC(=O)CC1CCCCCC1. The van der Waals surface area contributed by atoms with Gasteiger partial charge in [0.25, 0.3) is 0 Å². The molecule has 0 aromatic carbocycles. The van der Waals surface area contributed by atoms with Crippen LogP contribution in [0.3, 0.4) is 0 Å². The summed E-state index contributed by atoms with van der Waals surface area (Å²) < 4.78 is 0. The molecule has 0 spiro atoms. The van der Waals surface area contributed by atoms with Crippen LogP contribution in [0, 0.1) is 5.92 Å².